The van der Waals surface area contributed by atoms with Crippen LogP contribution in [0.3, 0.4) is 0 Å². The highest BCUT2D eigenvalue weighted by Crippen LogP contribution is 2.16. The summed E-state index contributed by atoms with van der Waals surface area (Å²) in [6.07, 6.45) is -0.668. The van der Waals surface area contributed by atoms with E-state index >= 15 is 0 Å². The van der Waals surface area contributed by atoms with Crippen LogP contribution in [0.5, 0.6) is 0 Å². The fourth-order valence-corrected chi connectivity index (χ4v) is 1.27. The zero-order chi connectivity index (χ0) is 10.8. The molecule has 1 fully saturated rings. The third-order valence-electron chi connectivity index (χ3n) is 1.81. The third-order valence-corrected chi connectivity index (χ3v) is 1.81. The van der Waals surface area contributed by atoms with E-state index in [0.29, 0.717) is 13.5 Å². The molecule has 1 heterocycles. The lowest BCUT2D eigenvalue weighted by atomic mass is 10.2. The monoisotopic (exact) mass is 206 g/mol. The summed E-state index contributed by atoms with van der Waals surface area (Å²) < 4.78 is 24.8. The van der Waals surface area contributed by atoms with E-state index in [0.717, 1.165) is 0 Å². The first-order valence-corrected chi connectivity index (χ1v) is 4.31. The van der Waals surface area contributed by atoms with Crippen LogP contribution >= 0.6 is 0 Å². The molecule has 1 atom stereocenters. The van der Waals surface area contributed by atoms with Crippen LogP contribution < -0.4 is 10.6 Å². The summed E-state index contributed by atoms with van der Waals surface area (Å²) in [7, 11) is 0. The molecule has 1 aliphatic rings. The van der Waals surface area contributed by atoms with Crippen LogP contribution in [0.1, 0.15) is 19.8 Å². The van der Waals surface area contributed by atoms with Gasteiger partial charge in [-0.3, -0.25) is 9.59 Å². The van der Waals surface area contributed by atoms with Crippen LogP contribution in [-0.2, 0) is 9.59 Å². The van der Waals surface area contributed by atoms with Gasteiger partial charge < -0.3 is 10.6 Å². The normalized spacial score (nSPS) is 21.9. The number of amides is 2. The first-order valence-electron chi connectivity index (χ1n) is 4.31. The SMILES string of the molecule is CC(F)(F)CC(=O)NC1CNC(=O)C1. The van der Waals surface area contributed by atoms with Gasteiger partial charge in [0.05, 0.1) is 12.5 Å². The van der Waals surface area contributed by atoms with Crippen LogP contribution in [0, 0.1) is 0 Å². The Morgan fingerprint density at radius 1 is 1.71 bits per heavy atom. The first-order chi connectivity index (χ1) is 6.37. The maximum Gasteiger partial charge on any atom is 0.254 e. The zero-order valence-electron chi connectivity index (χ0n) is 7.77. The van der Waals surface area contributed by atoms with E-state index in [2.05, 4.69) is 10.6 Å². The van der Waals surface area contributed by atoms with E-state index < -0.39 is 18.3 Å². The number of rotatable bonds is 3. The number of hydrogen-bond donors (Lipinski definition) is 2. The average Bonchev–Trinajstić information content (AvgIpc) is 2.30. The molecule has 0 saturated carbocycles. The van der Waals surface area contributed by atoms with Crippen LogP contribution in [0.15, 0.2) is 0 Å². The molecule has 1 aliphatic heterocycles. The Bertz CT molecular complexity index is 250. The van der Waals surface area contributed by atoms with Gasteiger partial charge in [0.15, 0.2) is 0 Å². The van der Waals surface area contributed by atoms with Crippen LogP contribution in [0.4, 0.5) is 8.78 Å². The first kappa shape index (κ1) is 10.9. The molecule has 0 bridgehead atoms. The summed E-state index contributed by atoms with van der Waals surface area (Å²) >= 11 is 0. The molecular formula is C8H12F2N2O2. The molecule has 2 amide bonds. The predicted octanol–water partition coefficient (Wildman–Crippen LogP) is 0.0364. The number of carbonyl (C=O) groups excluding carboxylic acids is 2. The van der Waals surface area contributed by atoms with Gasteiger partial charge in [0.25, 0.3) is 5.92 Å². The number of carbonyl (C=O) groups is 2. The van der Waals surface area contributed by atoms with Crippen molar-refractivity contribution in [3.05, 3.63) is 0 Å². The van der Waals surface area contributed by atoms with Gasteiger partial charge in [-0.15, -0.1) is 0 Å². The summed E-state index contributed by atoms with van der Waals surface area (Å²) in [6, 6.07) is -0.350. The summed E-state index contributed by atoms with van der Waals surface area (Å²) in [4.78, 5) is 21.7. The van der Waals surface area contributed by atoms with Crippen molar-refractivity contribution in [3.63, 3.8) is 0 Å². The van der Waals surface area contributed by atoms with Gasteiger partial charge >= 0.3 is 0 Å². The van der Waals surface area contributed by atoms with Gasteiger partial charge in [0.1, 0.15) is 0 Å². The highest BCUT2D eigenvalue weighted by molar-refractivity contribution is 5.82. The van der Waals surface area contributed by atoms with Crippen LogP contribution in [0.25, 0.3) is 0 Å². The Kier molecular flexibility index (Phi) is 3.03. The quantitative estimate of drug-likeness (QED) is 0.684. The number of alkyl halides is 2. The van der Waals surface area contributed by atoms with Crippen molar-refractivity contribution in [2.24, 2.45) is 0 Å². The standard InChI is InChI=1S/C8H12F2N2O2/c1-8(9,10)3-7(14)12-5-2-6(13)11-4-5/h5H,2-4H2,1H3,(H,11,13)(H,12,14). The zero-order valence-corrected chi connectivity index (χ0v) is 7.77. The second-order valence-electron chi connectivity index (χ2n) is 3.52. The van der Waals surface area contributed by atoms with Crippen molar-refractivity contribution >= 4 is 11.8 Å². The van der Waals surface area contributed by atoms with Gasteiger partial charge in [-0.05, 0) is 6.92 Å². The Labute approximate surface area is 80.0 Å². The lowest BCUT2D eigenvalue weighted by Gasteiger charge is -2.13. The fraction of sp³-hybridized carbons (Fsp3) is 0.750. The molecule has 0 spiro atoms. The lowest BCUT2D eigenvalue weighted by Crippen LogP contribution is -2.38. The van der Waals surface area contributed by atoms with E-state index in [-0.39, 0.29) is 18.4 Å². The fourth-order valence-electron chi connectivity index (χ4n) is 1.27. The minimum atomic E-state index is -3.00. The Hall–Kier alpha value is -1.20. The molecule has 14 heavy (non-hydrogen) atoms. The van der Waals surface area contributed by atoms with Gasteiger partial charge in [-0.25, -0.2) is 8.78 Å². The minimum Gasteiger partial charge on any atom is -0.354 e. The molecule has 2 N–H and O–H groups in total. The molecule has 1 saturated heterocycles. The molecule has 0 aromatic heterocycles. The number of hydrogen-bond acceptors (Lipinski definition) is 2. The predicted molar refractivity (Wildman–Crippen MR) is 44.8 cm³/mol. The van der Waals surface area contributed by atoms with Crippen molar-refractivity contribution in [2.75, 3.05) is 6.54 Å². The summed E-state index contributed by atoms with van der Waals surface area (Å²) in [5, 5.41) is 4.86. The summed E-state index contributed by atoms with van der Waals surface area (Å²) in [5.41, 5.74) is 0. The van der Waals surface area contributed by atoms with E-state index in [9.17, 15) is 18.4 Å². The molecule has 0 radical (unpaired) electrons. The van der Waals surface area contributed by atoms with Gasteiger partial charge in [0.2, 0.25) is 11.8 Å². The van der Waals surface area contributed by atoms with Crippen molar-refractivity contribution < 1.29 is 18.4 Å². The van der Waals surface area contributed by atoms with Crippen molar-refractivity contribution in [3.8, 4) is 0 Å². The van der Waals surface area contributed by atoms with E-state index in [1.54, 1.807) is 0 Å². The largest absolute Gasteiger partial charge is 0.354 e. The summed E-state index contributed by atoms with van der Waals surface area (Å²) in [6.45, 7) is 1.00. The van der Waals surface area contributed by atoms with Gasteiger partial charge in [-0.2, -0.15) is 0 Å². The van der Waals surface area contributed by atoms with Crippen molar-refractivity contribution in [1.82, 2.24) is 10.6 Å². The molecule has 6 heteroatoms. The lowest BCUT2D eigenvalue weighted by molar-refractivity contribution is -0.127. The van der Waals surface area contributed by atoms with Crippen LogP contribution in [0.2, 0.25) is 0 Å². The molecule has 1 rings (SSSR count). The Morgan fingerprint density at radius 2 is 2.36 bits per heavy atom. The Morgan fingerprint density at radius 3 is 2.79 bits per heavy atom. The number of halogens is 2. The number of nitrogens with one attached hydrogen (secondary N) is 2. The molecule has 80 valence electrons. The highest BCUT2D eigenvalue weighted by Gasteiger charge is 2.28. The molecule has 0 aromatic carbocycles. The molecule has 0 aromatic rings. The molecule has 1 unspecified atom stereocenters. The smallest absolute Gasteiger partial charge is 0.254 e. The second-order valence-corrected chi connectivity index (χ2v) is 3.52. The average molecular weight is 206 g/mol. The maximum absolute atomic E-state index is 12.4. The van der Waals surface area contributed by atoms with E-state index in [1.807, 2.05) is 0 Å². The highest BCUT2D eigenvalue weighted by atomic mass is 19.3. The third kappa shape index (κ3) is 3.68. The summed E-state index contributed by atoms with van der Waals surface area (Å²) in [5.74, 6) is -3.89. The van der Waals surface area contributed by atoms with E-state index in [1.165, 1.54) is 0 Å². The topological polar surface area (TPSA) is 58.2 Å². The molecule has 0 aliphatic carbocycles. The van der Waals surface area contributed by atoms with E-state index in [4.69, 9.17) is 0 Å². The molecular weight excluding hydrogens is 194 g/mol. The van der Waals surface area contributed by atoms with Crippen LogP contribution in [-0.4, -0.2) is 30.3 Å². The molecule has 4 nitrogen and oxygen atoms in total. The van der Waals surface area contributed by atoms with Crippen molar-refractivity contribution in [1.29, 1.82) is 0 Å². The minimum absolute atomic E-state index is 0.168. The second kappa shape index (κ2) is 3.89. The maximum atomic E-state index is 12.4. The van der Waals surface area contributed by atoms with Crippen molar-refractivity contribution in [2.45, 2.75) is 31.7 Å². The van der Waals surface area contributed by atoms with Gasteiger partial charge in [0, 0.05) is 13.0 Å². The Balaban J connectivity index is 2.31. The van der Waals surface area contributed by atoms with Gasteiger partial charge in [-0.1, -0.05) is 0 Å².